The van der Waals surface area contributed by atoms with Gasteiger partial charge in [-0.2, -0.15) is 5.26 Å². The van der Waals surface area contributed by atoms with Crippen LogP contribution < -0.4 is 0 Å². The fourth-order valence-corrected chi connectivity index (χ4v) is 5.63. The van der Waals surface area contributed by atoms with Gasteiger partial charge in [0.05, 0.1) is 10.2 Å². The highest BCUT2D eigenvalue weighted by Gasteiger charge is 2.64. The monoisotopic (exact) mass is 359 g/mol. The molecule has 4 rings (SSSR count). The molecule has 3 aliphatic rings. The molecule has 3 aliphatic carbocycles. The maximum Gasteiger partial charge on any atom is 0.134 e. The molecule has 0 spiro atoms. The van der Waals surface area contributed by atoms with Crippen LogP contribution in [0.5, 0.6) is 0 Å². The van der Waals surface area contributed by atoms with E-state index in [9.17, 15) is 5.26 Å². The summed E-state index contributed by atoms with van der Waals surface area (Å²) in [6.07, 6.45) is 7.87. The van der Waals surface area contributed by atoms with Crippen molar-refractivity contribution in [1.82, 2.24) is 0 Å². The first-order valence-corrected chi connectivity index (χ1v) is 9.09. The SMILES string of the molecule is N#CSC12CC(C=C1F)/C=C\C1C=C(F)[C@@]2(c2ccc(S)cc2)C1. The molecule has 0 saturated carbocycles. The fraction of sp³-hybridized carbons (Fsp3) is 0.316. The first-order valence-electron chi connectivity index (χ1n) is 7.82. The summed E-state index contributed by atoms with van der Waals surface area (Å²) in [5, 5.41) is 11.4. The molecule has 0 radical (unpaired) electrons. The molecule has 0 aromatic heterocycles. The van der Waals surface area contributed by atoms with E-state index in [4.69, 9.17) is 0 Å². The van der Waals surface area contributed by atoms with Gasteiger partial charge in [0.15, 0.2) is 0 Å². The molecule has 0 amide bonds. The van der Waals surface area contributed by atoms with Gasteiger partial charge in [0.2, 0.25) is 0 Å². The van der Waals surface area contributed by atoms with Crippen LogP contribution in [-0.2, 0) is 5.41 Å². The molecule has 1 aromatic rings. The van der Waals surface area contributed by atoms with E-state index in [1.807, 2.05) is 29.7 Å². The van der Waals surface area contributed by atoms with Crippen LogP contribution in [0.15, 0.2) is 65.1 Å². The van der Waals surface area contributed by atoms with Gasteiger partial charge in [0.25, 0.3) is 0 Å². The molecule has 0 aliphatic heterocycles. The number of thiol groups is 1. The van der Waals surface area contributed by atoms with E-state index >= 15 is 8.78 Å². The Labute approximate surface area is 149 Å². The first-order chi connectivity index (χ1) is 11.5. The zero-order chi connectivity index (χ0) is 16.9. The van der Waals surface area contributed by atoms with Crippen molar-refractivity contribution in [3.8, 4) is 5.40 Å². The van der Waals surface area contributed by atoms with Gasteiger partial charge in [-0.15, -0.1) is 12.6 Å². The van der Waals surface area contributed by atoms with Crippen molar-refractivity contribution in [2.24, 2.45) is 11.8 Å². The third-order valence-corrected chi connectivity index (χ3v) is 6.90. The Morgan fingerprint density at radius 2 is 1.67 bits per heavy atom. The van der Waals surface area contributed by atoms with Gasteiger partial charge in [0.1, 0.15) is 17.1 Å². The van der Waals surface area contributed by atoms with Crippen molar-refractivity contribution in [1.29, 1.82) is 5.26 Å². The molecule has 0 saturated heterocycles. The van der Waals surface area contributed by atoms with Crippen LogP contribution in [0.3, 0.4) is 0 Å². The number of fused-ring (bicyclic) bond motifs is 5. The Kier molecular flexibility index (Phi) is 3.67. The summed E-state index contributed by atoms with van der Waals surface area (Å²) in [7, 11) is 0. The summed E-state index contributed by atoms with van der Waals surface area (Å²) in [6.45, 7) is 0. The topological polar surface area (TPSA) is 23.8 Å². The molecule has 0 N–H and O–H groups in total. The van der Waals surface area contributed by atoms with Crippen molar-refractivity contribution < 1.29 is 8.78 Å². The highest BCUT2D eigenvalue weighted by atomic mass is 32.2. The van der Waals surface area contributed by atoms with E-state index in [0.29, 0.717) is 18.4 Å². The number of thiocyanates is 1. The number of rotatable bonds is 2. The zero-order valence-corrected chi connectivity index (χ0v) is 14.5. The van der Waals surface area contributed by atoms with Gasteiger partial charge in [-0.25, -0.2) is 8.78 Å². The average Bonchev–Trinajstić information content (AvgIpc) is 3.06. The standard InChI is InChI=1S/C19H15F2NS2/c20-16-7-12-1-2-13-8-17(21)19(10-13,24-11-22)18(16,9-12)14-3-5-15(23)6-4-14/h1-8,12-13,23H,9-10H2/b2-1-/t12?,13?,18-,19?/m0/s1. The number of halogens is 2. The van der Waals surface area contributed by atoms with E-state index < -0.39 is 10.2 Å². The summed E-state index contributed by atoms with van der Waals surface area (Å²) in [6, 6.07) is 7.20. The van der Waals surface area contributed by atoms with Crippen molar-refractivity contribution in [2.45, 2.75) is 27.9 Å². The minimum Gasteiger partial charge on any atom is -0.211 e. The smallest absolute Gasteiger partial charge is 0.134 e. The Bertz CT molecular complexity index is 821. The molecule has 4 bridgehead atoms. The third-order valence-electron chi connectivity index (χ3n) is 5.45. The summed E-state index contributed by atoms with van der Waals surface area (Å²) in [5.41, 5.74) is -0.446. The van der Waals surface area contributed by atoms with Crippen LogP contribution in [0.4, 0.5) is 8.78 Å². The number of nitrogens with zero attached hydrogens (tertiary/aromatic N) is 1. The normalized spacial score (nSPS) is 37.9. The van der Waals surface area contributed by atoms with Crippen molar-refractivity contribution in [2.75, 3.05) is 0 Å². The van der Waals surface area contributed by atoms with Crippen LogP contribution in [0.1, 0.15) is 18.4 Å². The number of hydrogen-bond acceptors (Lipinski definition) is 3. The number of allylic oxidation sites excluding steroid dienone is 5. The van der Waals surface area contributed by atoms with Crippen LogP contribution in [-0.4, -0.2) is 4.75 Å². The Morgan fingerprint density at radius 1 is 1.04 bits per heavy atom. The molecule has 122 valence electrons. The van der Waals surface area contributed by atoms with Crippen molar-refractivity contribution in [3.05, 3.63) is 65.8 Å². The van der Waals surface area contributed by atoms with Gasteiger partial charge < -0.3 is 0 Å². The lowest BCUT2D eigenvalue weighted by atomic mass is 9.65. The highest BCUT2D eigenvalue weighted by molar-refractivity contribution is 8.05. The van der Waals surface area contributed by atoms with Gasteiger partial charge in [-0.1, -0.05) is 24.3 Å². The molecule has 0 heterocycles. The second-order valence-electron chi connectivity index (χ2n) is 6.62. The molecule has 1 aromatic carbocycles. The Morgan fingerprint density at radius 3 is 2.33 bits per heavy atom. The quantitative estimate of drug-likeness (QED) is 0.429. The van der Waals surface area contributed by atoms with Crippen LogP contribution in [0.25, 0.3) is 0 Å². The molecule has 24 heavy (non-hydrogen) atoms. The highest BCUT2D eigenvalue weighted by Crippen LogP contribution is 2.65. The molecular weight excluding hydrogens is 344 g/mol. The Hall–Kier alpha value is -1.51. The predicted molar refractivity (Wildman–Crippen MR) is 95.0 cm³/mol. The predicted octanol–water partition coefficient (Wildman–Crippen LogP) is 5.48. The van der Waals surface area contributed by atoms with Crippen LogP contribution in [0.2, 0.25) is 0 Å². The number of thioether (sulfide) groups is 1. The van der Waals surface area contributed by atoms with E-state index in [0.717, 1.165) is 16.7 Å². The molecule has 1 nitrogen and oxygen atoms in total. The zero-order valence-electron chi connectivity index (χ0n) is 12.7. The summed E-state index contributed by atoms with van der Waals surface area (Å²) >= 11 is 5.16. The lowest BCUT2D eigenvalue weighted by molar-refractivity contribution is 0.283. The fourth-order valence-electron chi connectivity index (χ4n) is 4.41. The largest absolute Gasteiger partial charge is 0.211 e. The minimum absolute atomic E-state index is 0.0820. The second kappa shape index (κ2) is 5.50. The van der Waals surface area contributed by atoms with E-state index in [1.54, 1.807) is 24.3 Å². The van der Waals surface area contributed by atoms with Gasteiger partial charge in [-0.05, 0) is 66.3 Å². The maximum atomic E-state index is 15.4. The Balaban J connectivity index is 2.01. The lowest BCUT2D eigenvalue weighted by Crippen LogP contribution is -2.49. The summed E-state index contributed by atoms with van der Waals surface area (Å²) in [5.74, 6) is -0.902. The summed E-state index contributed by atoms with van der Waals surface area (Å²) in [4.78, 5) is 0.766. The molecule has 3 unspecified atom stereocenters. The average molecular weight is 359 g/mol. The molecular formula is C19H15F2NS2. The lowest BCUT2D eigenvalue weighted by Gasteiger charge is -2.45. The van der Waals surface area contributed by atoms with Gasteiger partial charge >= 0.3 is 0 Å². The third kappa shape index (κ3) is 1.99. The molecule has 4 atom stereocenters. The summed E-state index contributed by atoms with van der Waals surface area (Å²) < 4.78 is 29.3. The van der Waals surface area contributed by atoms with Crippen LogP contribution >= 0.6 is 24.4 Å². The van der Waals surface area contributed by atoms with E-state index in [1.165, 1.54) is 0 Å². The van der Waals surface area contributed by atoms with Gasteiger partial charge in [-0.3, -0.25) is 0 Å². The second-order valence-corrected chi connectivity index (χ2v) is 8.22. The van der Waals surface area contributed by atoms with Crippen molar-refractivity contribution >= 4 is 24.4 Å². The minimum atomic E-state index is -1.22. The number of benzene rings is 1. The number of hydrogen-bond donors (Lipinski definition) is 1. The maximum absolute atomic E-state index is 15.4. The molecule has 5 heteroatoms. The van der Waals surface area contributed by atoms with Crippen LogP contribution in [0, 0.1) is 22.5 Å². The first kappa shape index (κ1) is 16.0. The number of nitriles is 1. The van der Waals surface area contributed by atoms with E-state index in [2.05, 4.69) is 12.6 Å². The van der Waals surface area contributed by atoms with E-state index in [-0.39, 0.29) is 23.5 Å². The van der Waals surface area contributed by atoms with Crippen molar-refractivity contribution in [3.63, 3.8) is 0 Å². The molecule has 0 fully saturated rings. The van der Waals surface area contributed by atoms with Gasteiger partial charge in [0, 0.05) is 4.90 Å².